The van der Waals surface area contributed by atoms with Crippen LogP contribution >= 0.6 is 0 Å². The van der Waals surface area contributed by atoms with Gasteiger partial charge in [0.05, 0.1) is 11.0 Å². The van der Waals surface area contributed by atoms with Crippen LogP contribution in [0.4, 0.5) is 0 Å². The first-order chi connectivity index (χ1) is 18.5. The van der Waals surface area contributed by atoms with Gasteiger partial charge in [0.25, 0.3) is 0 Å². The third-order valence-corrected chi connectivity index (χ3v) is 6.62. The number of allylic oxidation sites excluding steroid dienone is 3. The number of rotatable bonds is 10. The molecule has 3 nitrogen and oxygen atoms in total. The van der Waals surface area contributed by atoms with Crippen molar-refractivity contribution in [1.82, 2.24) is 14.9 Å². The molecule has 0 bridgehead atoms. The Morgan fingerprint density at radius 3 is 2.13 bits per heavy atom. The number of nitrogens with zero attached hydrogens (tertiary/aromatic N) is 2. The lowest BCUT2D eigenvalue weighted by molar-refractivity contribution is 0.353. The number of para-hydroxylation sites is 1. The molecule has 0 aliphatic heterocycles. The van der Waals surface area contributed by atoms with Crippen LogP contribution in [0.2, 0.25) is 0 Å². The number of hydrogen-bond donors (Lipinski definition) is 1. The molecule has 200 valence electrons. The molecule has 38 heavy (non-hydrogen) atoms. The number of benzene rings is 3. The fourth-order valence-corrected chi connectivity index (χ4v) is 4.72. The Hall–Kier alpha value is -3.59. The molecule has 1 heterocycles. The number of aromatic amines is 1. The van der Waals surface area contributed by atoms with E-state index in [1.165, 1.54) is 53.9 Å². The quantitative estimate of drug-likeness (QED) is 0.217. The van der Waals surface area contributed by atoms with Gasteiger partial charge in [0.15, 0.2) is 0 Å². The van der Waals surface area contributed by atoms with Gasteiger partial charge in [0.2, 0.25) is 0 Å². The first-order valence-corrected chi connectivity index (χ1v) is 14.3. The number of aromatic nitrogens is 2. The molecule has 1 aromatic heterocycles. The monoisotopic (exact) mass is 507 g/mol. The van der Waals surface area contributed by atoms with Crippen LogP contribution in [-0.4, -0.2) is 28.0 Å². The Morgan fingerprint density at radius 2 is 1.50 bits per heavy atom. The number of nitrogens with one attached hydrogen (secondary N) is 1. The maximum Gasteiger partial charge on any atom is 0.138 e. The van der Waals surface area contributed by atoms with Crippen molar-refractivity contribution in [1.29, 1.82) is 0 Å². The third kappa shape index (κ3) is 7.71. The van der Waals surface area contributed by atoms with Gasteiger partial charge in [-0.2, -0.15) is 0 Å². The zero-order valence-electron chi connectivity index (χ0n) is 24.2. The summed E-state index contributed by atoms with van der Waals surface area (Å²) in [5.74, 6) is 0.924. The molecule has 0 aliphatic rings. The number of hydrogen-bond acceptors (Lipinski definition) is 2. The Bertz CT molecular complexity index is 1340. The van der Waals surface area contributed by atoms with Crippen molar-refractivity contribution in [3.8, 4) is 22.5 Å². The SMILES string of the molecule is C/C=C\C(=C/CC)N(CCC)CCC.CCc1cccc(-c2cccc(-c3nc4c(C)cccc4[nH]3)c2)c1. The van der Waals surface area contributed by atoms with Gasteiger partial charge in [-0.05, 0) is 80.0 Å². The predicted molar refractivity (Wildman–Crippen MR) is 166 cm³/mol. The molecule has 0 unspecified atom stereocenters. The van der Waals surface area contributed by atoms with Gasteiger partial charge < -0.3 is 9.88 Å². The highest BCUT2D eigenvalue weighted by molar-refractivity contribution is 5.83. The lowest BCUT2D eigenvalue weighted by Gasteiger charge is -2.24. The third-order valence-electron chi connectivity index (χ3n) is 6.62. The van der Waals surface area contributed by atoms with Crippen LogP contribution in [0.1, 0.15) is 65.0 Å². The molecule has 0 saturated heterocycles. The second kappa shape index (κ2) is 15.0. The summed E-state index contributed by atoms with van der Waals surface area (Å²) in [6.07, 6.45) is 11.3. The van der Waals surface area contributed by atoms with E-state index in [9.17, 15) is 0 Å². The highest BCUT2D eigenvalue weighted by Gasteiger charge is 2.08. The first-order valence-electron chi connectivity index (χ1n) is 14.3. The molecule has 0 aliphatic carbocycles. The van der Waals surface area contributed by atoms with Crippen molar-refractivity contribution >= 4 is 11.0 Å². The minimum Gasteiger partial charge on any atom is -0.372 e. The van der Waals surface area contributed by atoms with E-state index in [1.807, 2.05) is 0 Å². The van der Waals surface area contributed by atoms with E-state index in [0.717, 1.165) is 35.3 Å². The van der Waals surface area contributed by atoms with Crippen molar-refractivity contribution < 1.29 is 0 Å². The highest BCUT2D eigenvalue weighted by atomic mass is 15.1. The summed E-state index contributed by atoms with van der Waals surface area (Å²) in [5, 5.41) is 0. The number of H-pyrrole nitrogens is 1. The second-order valence-electron chi connectivity index (χ2n) is 9.72. The van der Waals surface area contributed by atoms with Crippen LogP contribution in [0.15, 0.2) is 90.7 Å². The zero-order chi connectivity index (χ0) is 27.3. The number of fused-ring (bicyclic) bond motifs is 1. The predicted octanol–water partition coefficient (Wildman–Crippen LogP) is 9.75. The fourth-order valence-electron chi connectivity index (χ4n) is 4.72. The van der Waals surface area contributed by atoms with Crippen molar-refractivity contribution in [2.45, 2.75) is 67.2 Å². The van der Waals surface area contributed by atoms with Gasteiger partial charge in [0, 0.05) is 24.4 Å². The van der Waals surface area contributed by atoms with Crippen LogP contribution in [0.25, 0.3) is 33.5 Å². The van der Waals surface area contributed by atoms with Crippen LogP contribution in [0.5, 0.6) is 0 Å². The molecule has 4 rings (SSSR count). The topological polar surface area (TPSA) is 31.9 Å². The maximum absolute atomic E-state index is 4.80. The van der Waals surface area contributed by atoms with E-state index in [0.29, 0.717) is 0 Å². The van der Waals surface area contributed by atoms with Crippen molar-refractivity contribution in [3.63, 3.8) is 0 Å². The summed E-state index contributed by atoms with van der Waals surface area (Å²) in [4.78, 5) is 10.7. The van der Waals surface area contributed by atoms with Gasteiger partial charge in [-0.1, -0.05) is 94.4 Å². The van der Waals surface area contributed by atoms with Crippen LogP contribution < -0.4 is 0 Å². The van der Waals surface area contributed by atoms with Crippen LogP contribution in [0, 0.1) is 6.92 Å². The Labute approximate surface area is 230 Å². The lowest BCUT2D eigenvalue weighted by atomic mass is 10.0. The van der Waals surface area contributed by atoms with Gasteiger partial charge in [-0.25, -0.2) is 4.98 Å². The first kappa shape index (κ1) is 29.0. The molecule has 3 aromatic carbocycles. The molecule has 0 atom stereocenters. The second-order valence-corrected chi connectivity index (χ2v) is 9.72. The van der Waals surface area contributed by atoms with E-state index in [2.05, 4.69) is 136 Å². The average molecular weight is 508 g/mol. The van der Waals surface area contributed by atoms with Crippen LogP contribution in [0.3, 0.4) is 0 Å². The largest absolute Gasteiger partial charge is 0.372 e. The van der Waals surface area contributed by atoms with Crippen molar-refractivity contribution in [2.75, 3.05) is 13.1 Å². The normalized spacial score (nSPS) is 11.6. The van der Waals surface area contributed by atoms with Gasteiger partial charge in [0.1, 0.15) is 5.82 Å². The molecule has 0 amide bonds. The highest BCUT2D eigenvalue weighted by Crippen LogP contribution is 2.27. The van der Waals surface area contributed by atoms with Gasteiger partial charge in [-0.3, -0.25) is 0 Å². The molecule has 1 N–H and O–H groups in total. The fraction of sp³-hybridized carbons (Fsp3) is 0.343. The minimum absolute atomic E-state index is 0.924. The Morgan fingerprint density at radius 1 is 0.842 bits per heavy atom. The molecule has 0 spiro atoms. The summed E-state index contributed by atoms with van der Waals surface area (Å²) in [5.41, 5.74) is 9.67. The maximum atomic E-state index is 4.80. The van der Waals surface area contributed by atoms with E-state index in [-0.39, 0.29) is 0 Å². The Balaban J connectivity index is 0.000000247. The molecule has 0 fully saturated rings. The summed E-state index contributed by atoms with van der Waals surface area (Å²) < 4.78 is 0. The van der Waals surface area contributed by atoms with Gasteiger partial charge >= 0.3 is 0 Å². The van der Waals surface area contributed by atoms with E-state index in [1.54, 1.807) is 0 Å². The standard InChI is InChI=1S/C22H20N2.C13H25N/c1-3-16-8-5-9-17(13-16)18-10-6-11-19(14-18)22-23-20-12-4-7-15(2)21(20)24-22;1-5-9-13(10-6-2)14(11-7-3)12-8-4/h4-14H,3H2,1-2H3,(H,23,24);5,9-10H,6-8,11-12H2,1-4H3/b;9-5-,13-10+. The van der Waals surface area contributed by atoms with E-state index in [4.69, 9.17) is 4.98 Å². The number of aryl methyl sites for hydroxylation is 2. The van der Waals surface area contributed by atoms with E-state index < -0.39 is 0 Å². The molecule has 3 heteroatoms. The summed E-state index contributed by atoms with van der Waals surface area (Å²) in [6, 6.07) is 23.6. The summed E-state index contributed by atoms with van der Waals surface area (Å²) in [6.45, 7) is 15.4. The van der Waals surface area contributed by atoms with E-state index >= 15 is 0 Å². The molecule has 0 saturated carbocycles. The van der Waals surface area contributed by atoms with Crippen molar-refractivity contribution in [2.24, 2.45) is 0 Å². The zero-order valence-corrected chi connectivity index (χ0v) is 24.2. The van der Waals surface area contributed by atoms with Crippen molar-refractivity contribution in [3.05, 3.63) is 102 Å². The molecule has 4 aromatic rings. The van der Waals surface area contributed by atoms with Gasteiger partial charge in [-0.15, -0.1) is 0 Å². The average Bonchev–Trinajstić information content (AvgIpc) is 3.39. The number of imidazole rings is 1. The smallest absolute Gasteiger partial charge is 0.138 e. The molecule has 0 radical (unpaired) electrons. The molecular weight excluding hydrogens is 462 g/mol. The summed E-state index contributed by atoms with van der Waals surface area (Å²) >= 11 is 0. The minimum atomic E-state index is 0.924. The van der Waals surface area contributed by atoms with Crippen LogP contribution in [-0.2, 0) is 6.42 Å². The molecular formula is C35H45N3. The Kier molecular flexibility index (Phi) is 11.4. The lowest BCUT2D eigenvalue weighted by Crippen LogP contribution is -2.23. The summed E-state index contributed by atoms with van der Waals surface area (Å²) in [7, 11) is 0.